The van der Waals surface area contributed by atoms with E-state index in [-0.39, 0.29) is 5.57 Å². The molecule has 0 aliphatic heterocycles. The third-order valence-corrected chi connectivity index (χ3v) is 2.38. The van der Waals surface area contributed by atoms with Crippen molar-refractivity contribution in [3.63, 3.8) is 0 Å². The Morgan fingerprint density at radius 3 is 2.06 bits per heavy atom. The first kappa shape index (κ1) is 12.0. The van der Waals surface area contributed by atoms with Gasteiger partial charge in [-0.25, -0.2) is 4.79 Å². The Labute approximate surface area is 90.5 Å². The lowest BCUT2D eigenvalue weighted by molar-refractivity contribution is -0.160. The summed E-state index contributed by atoms with van der Waals surface area (Å²) in [5, 5.41) is 26.6. The van der Waals surface area contributed by atoms with Crippen molar-refractivity contribution in [1.82, 2.24) is 0 Å². The van der Waals surface area contributed by atoms with E-state index in [1.54, 1.807) is 0 Å². The number of allylic oxidation sites excluding steroid dienone is 2. The molecule has 6 heteroatoms. The summed E-state index contributed by atoms with van der Waals surface area (Å²) >= 11 is 0. The van der Waals surface area contributed by atoms with Gasteiger partial charge in [-0.1, -0.05) is 11.6 Å². The van der Waals surface area contributed by atoms with E-state index >= 15 is 0 Å². The predicted octanol–water partition coefficient (Wildman–Crippen LogP) is 0.503. The van der Waals surface area contributed by atoms with Gasteiger partial charge in [0.05, 0.1) is 0 Å². The van der Waals surface area contributed by atoms with Crippen LogP contribution in [0, 0.1) is 5.41 Å². The first-order valence-electron chi connectivity index (χ1n) is 4.40. The summed E-state index contributed by atoms with van der Waals surface area (Å²) in [6.07, 6.45) is 1.78. The van der Waals surface area contributed by atoms with Gasteiger partial charge in [0.1, 0.15) is 0 Å². The first-order valence-corrected chi connectivity index (χ1v) is 4.40. The van der Waals surface area contributed by atoms with E-state index in [1.807, 2.05) is 0 Å². The molecule has 16 heavy (non-hydrogen) atoms. The van der Waals surface area contributed by atoms with Crippen molar-refractivity contribution in [3.05, 3.63) is 23.3 Å². The second-order valence-electron chi connectivity index (χ2n) is 3.62. The number of carboxylic acid groups (broad SMARTS) is 3. The molecule has 0 spiro atoms. The van der Waals surface area contributed by atoms with E-state index in [0.29, 0.717) is 5.57 Å². The maximum atomic E-state index is 11.0. The highest BCUT2D eigenvalue weighted by Gasteiger charge is 2.47. The lowest BCUT2D eigenvalue weighted by atomic mass is 9.76. The molecular weight excluding hydrogens is 216 g/mol. The molecule has 3 N–H and O–H groups in total. The normalized spacial score (nSPS) is 18.3. The topological polar surface area (TPSA) is 112 Å². The van der Waals surface area contributed by atoms with Crippen LogP contribution in [0.5, 0.6) is 0 Å². The molecule has 0 saturated heterocycles. The SMILES string of the molecule is CC1=CC(C(=O)O)(C(=O)O)CC(C(=O)O)=C1. The molecule has 0 aromatic heterocycles. The van der Waals surface area contributed by atoms with Gasteiger partial charge >= 0.3 is 17.9 Å². The highest BCUT2D eigenvalue weighted by Crippen LogP contribution is 2.35. The molecule has 0 saturated carbocycles. The maximum Gasteiger partial charge on any atom is 0.331 e. The third-order valence-electron chi connectivity index (χ3n) is 2.38. The molecule has 0 fully saturated rings. The minimum Gasteiger partial charge on any atom is -0.480 e. The molecule has 6 nitrogen and oxygen atoms in total. The minimum absolute atomic E-state index is 0.218. The van der Waals surface area contributed by atoms with Crippen LogP contribution in [0.25, 0.3) is 0 Å². The van der Waals surface area contributed by atoms with Gasteiger partial charge in [-0.15, -0.1) is 0 Å². The summed E-state index contributed by atoms with van der Waals surface area (Å²) in [6, 6.07) is 0. The zero-order chi connectivity index (χ0) is 12.5. The van der Waals surface area contributed by atoms with E-state index in [4.69, 9.17) is 15.3 Å². The van der Waals surface area contributed by atoms with Crippen molar-refractivity contribution < 1.29 is 29.7 Å². The van der Waals surface area contributed by atoms with Crippen LogP contribution in [-0.4, -0.2) is 33.2 Å². The van der Waals surface area contributed by atoms with Gasteiger partial charge in [0, 0.05) is 12.0 Å². The molecule has 0 aromatic rings. The number of rotatable bonds is 3. The molecular formula is C10H10O6. The monoisotopic (exact) mass is 226 g/mol. The summed E-state index contributed by atoms with van der Waals surface area (Å²) in [7, 11) is 0. The first-order chi connectivity index (χ1) is 7.29. The zero-order valence-corrected chi connectivity index (χ0v) is 8.43. The second-order valence-corrected chi connectivity index (χ2v) is 3.62. The molecule has 0 atom stereocenters. The molecule has 0 heterocycles. The largest absolute Gasteiger partial charge is 0.480 e. The van der Waals surface area contributed by atoms with E-state index in [9.17, 15) is 14.4 Å². The predicted molar refractivity (Wildman–Crippen MR) is 51.8 cm³/mol. The number of hydrogen-bond donors (Lipinski definition) is 3. The van der Waals surface area contributed by atoms with E-state index in [0.717, 1.165) is 6.08 Å². The smallest absolute Gasteiger partial charge is 0.331 e. The van der Waals surface area contributed by atoms with Gasteiger partial charge in [0.25, 0.3) is 0 Å². The summed E-state index contributed by atoms with van der Waals surface area (Å²) in [6.45, 7) is 1.46. The fourth-order valence-corrected chi connectivity index (χ4v) is 1.61. The van der Waals surface area contributed by atoms with E-state index in [1.165, 1.54) is 13.0 Å². The van der Waals surface area contributed by atoms with Crippen LogP contribution in [-0.2, 0) is 14.4 Å². The maximum absolute atomic E-state index is 11.0. The Morgan fingerprint density at radius 2 is 1.69 bits per heavy atom. The molecule has 86 valence electrons. The van der Waals surface area contributed by atoms with Crippen molar-refractivity contribution >= 4 is 17.9 Å². The lowest BCUT2D eigenvalue weighted by Crippen LogP contribution is -2.40. The summed E-state index contributed by atoms with van der Waals surface area (Å²) in [4.78, 5) is 32.7. The van der Waals surface area contributed by atoms with Crippen molar-refractivity contribution in [2.75, 3.05) is 0 Å². The van der Waals surface area contributed by atoms with Crippen LogP contribution in [0.4, 0.5) is 0 Å². The highest BCUT2D eigenvalue weighted by molar-refractivity contribution is 6.03. The lowest BCUT2D eigenvalue weighted by Gasteiger charge is -2.25. The molecule has 0 aromatic carbocycles. The molecule has 0 radical (unpaired) electrons. The van der Waals surface area contributed by atoms with Crippen LogP contribution < -0.4 is 0 Å². The number of carbonyl (C=O) groups is 3. The van der Waals surface area contributed by atoms with Crippen LogP contribution in [0.3, 0.4) is 0 Å². The van der Waals surface area contributed by atoms with Gasteiger partial charge < -0.3 is 15.3 Å². The Balaban J connectivity index is 3.29. The van der Waals surface area contributed by atoms with Gasteiger partial charge in [0.2, 0.25) is 0 Å². The minimum atomic E-state index is -2.17. The molecule has 1 rings (SSSR count). The highest BCUT2D eigenvalue weighted by atomic mass is 16.4. The molecule has 1 aliphatic rings. The molecule has 0 amide bonds. The van der Waals surface area contributed by atoms with Gasteiger partial charge in [-0.05, 0) is 13.0 Å². The third kappa shape index (κ3) is 1.81. The van der Waals surface area contributed by atoms with E-state index < -0.39 is 29.7 Å². The Morgan fingerprint density at radius 1 is 1.19 bits per heavy atom. The summed E-state index contributed by atoms with van der Waals surface area (Å²) in [5.74, 6) is -4.43. The van der Waals surface area contributed by atoms with Gasteiger partial charge in [-0.3, -0.25) is 9.59 Å². The van der Waals surface area contributed by atoms with Gasteiger partial charge in [0.15, 0.2) is 5.41 Å². The van der Waals surface area contributed by atoms with Crippen LogP contribution in [0.1, 0.15) is 13.3 Å². The standard InChI is InChI=1S/C10H10O6/c1-5-2-6(7(11)12)4-10(3-5,8(13)14)9(15)16/h2-3H,4H2,1H3,(H,11,12)(H,13,14)(H,15,16). The van der Waals surface area contributed by atoms with Crippen LogP contribution in [0.2, 0.25) is 0 Å². The average Bonchev–Trinajstić information content (AvgIpc) is 2.15. The van der Waals surface area contributed by atoms with Crippen molar-refractivity contribution in [1.29, 1.82) is 0 Å². The number of carboxylic acids is 3. The van der Waals surface area contributed by atoms with Crippen molar-refractivity contribution in [2.45, 2.75) is 13.3 Å². The van der Waals surface area contributed by atoms with Gasteiger partial charge in [-0.2, -0.15) is 0 Å². The molecule has 0 unspecified atom stereocenters. The molecule has 1 aliphatic carbocycles. The Kier molecular flexibility index (Phi) is 2.84. The Bertz CT molecular complexity index is 415. The van der Waals surface area contributed by atoms with E-state index in [2.05, 4.69) is 0 Å². The molecule has 0 bridgehead atoms. The Hall–Kier alpha value is -2.11. The van der Waals surface area contributed by atoms with Crippen LogP contribution >= 0.6 is 0 Å². The summed E-state index contributed by atoms with van der Waals surface area (Å²) < 4.78 is 0. The average molecular weight is 226 g/mol. The number of hydrogen-bond acceptors (Lipinski definition) is 3. The zero-order valence-electron chi connectivity index (χ0n) is 8.43. The van der Waals surface area contributed by atoms with Crippen LogP contribution in [0.15, 0.2) is 23.3 Å². The second kappa shape index (κ2) is 3.80. The fourth-order valence-electron chi connectivity index (χ4n) is 1.61. The summed E-state index contributed by atoms with van der Waals surface area (Å²) in [5.41, 5.74) is -2.08. The fraction of sp³-hybridized carbons (Fsp3) is 0.300. The number of aliphatic carboxylic acids is 3. The quantitative estimate of drug-likeness (QED) is 0.604. The van der Waals surface area contributed by atoms with Crippen molar-refractivity contribution in [3.8, 4) is 0 Å². The van der Waals surface area contributed by atoms with Crippen molar-refractivity contribution in [2.24, 2.45) is 5.41 Å².